The zero-order valence-corrected chi connectivity index (χ0v) is 11.5. The minimum Gasteiger partial charge on any atom is -0.383 e. The Labute approximate surface area is 116 Å². The van der Waals surface area contributed by atoms with Gasteiger partial charge in [0, 0.05) is 11.8 Å². The fraction of sp³-hybridized carbons (Fsp3) is 0.214. The Morgan fingerprint density at radius 1 is 1.37 bits per heavy atom. The molecule has 0 saturated heterocycles. The van der Waals surface area contributed by atoms with E-state index in [-0.39, 0.29) is 11.1 Å². The predicted octanol–water partition coefficient (Wildman–Crippen LogP) is 3.07. The number of aromatic nitrogens is 1. The number of nitrogens with two attached hydrogens (primary N) is 1. The average Bonchev–Trinajstić information content (AvgIpc) is 2.38. The molecule has 2 aromatic rings. The Balaban J connectivity index is 2.49. The molecule has 1 atom stereocenters. The van der Waals surface area contributed by atoms with Crippen molar-refractivity contribution in [3.63, 3.8) is 0 Å². The van der Waals surface area contributed by atoms with Gasteiger partial charge in [0.2, 0.25) is 0 Å². The third kappa shape index (κ3) is 2.85. The summed E-state index contributed by atoms with van der Waals surface area (Å²) in [5.41, 5.74) is 8.62. The summed E-state index contributed by atoms with van der Waals surface area (Å²) in [4.78, 5) is 4.14. The standard InChI is InChI=1S/C14H15ClFN3/c1-8-5-10(14(17)19-7-8)13(18-2)9-3-4-12(16)11(15)6-9/h3-7,13,18H,1-2H3,(H2,17,19). The minimum absolute atomic E-state index is 0.0944. The molecule has 100 valence electrons. The van der Waals surface area contributed by atoms with Crippen molar-refractivity contribution in [3.05, 3.63) is 58.0 Å². The number of hydrogen-bond acceptors (Lipinski definition) is 3. The van der Waals surface area contributed by atoms with Gasteiger partial charge in [-0.25, -0.2) is 9.37 Å². The molecule has 1 aromatic heterocycles. The Kier molecular flexibility index (Phi) is 4.02. The molecular weight excluding hydrogens is 265 g/mol. The first-order chi connectivity index (χ1) is 9.02. The predicted molar refractivity (Wildman–Crippen MR) is 75.7 cm³/mol. The van der Waals surface area contributed by atoms with Gasteiger partial charge < -0.3 is 11.1 Å². The minimum atomic E-state index is -0.435. The van der Waals surface area contributed by atoms with Crippen LogP contribution in [0.25, 0.3) is 0 Å². The molecule has 0 amide bonds. The topological polar surface area (TPSA) is 50.9 Å². The van der Waals surface area contributed by atoms with Gasteiger partial charge >= 0.3 is 0 Å². The lowest BCUT2D eigenvalue weighted by Crippen LogP contribution is -2.19. The van der Waals surface area contributed by atoms with Crippen LogP contribution in [0.4, 0.5) is 10.2 Å². The molecule has 0 aliphatic carbocycles. The summed E-state index contributed by atoms with van der Waals surface area (Å²) in [6.07, 6.45) is 1.71. The number of rotatable bonds is 3. The Hall–Kier alpha value is -1.65. The van der Waals surface area contributed by atoms with Crippen molar-refractivity contribution in [1.82, 2.24) is 10.3 Å². The van der Waals surface area contributed by atoms with Gasteiger partial charge in [0.25, 0.3) is 0 Å². The van der Waals surface area contributed by atoms with Crippen molar-refractivity contribution in [2.45, 2.75) is 13.0 Å². The normalized spacial score (nSPS) is 12.4. The first kappa shape index (κ1) is 13.8. The van der Waals surface area contributed by atoms with Gasteiger partial charge in [0.15, 0.2) is 0 Å². The van der Waals surface area contributed by atoms with Crippen LogP contribution in [-0.4, -0.2) is 12.0 Å². The zero-order valence-electron chi connectivity index (χ0n) is 10.7. The summed E-state index contributed by atoms with van der Waals surface area (Å²) in [5, 5.41) is 3.24. The molecule has 0 fully saturated rings. The summed E-state index contributed by atoms with van der Waals surface area (Å²) in [6.45, 7) is 1.94. The Bertz CT molecular complexity index is 601. The van der Waals surface area contributed by atoms with Crippen LogP contribution in [0.5, 0.6) is 0 Å². The molecule has 3 N–H and O–H groups in total. The summed E-state index contributed by atoms with van der Waals surface area (Å²) in [6, 6.07) is 6.41. The summed E-state index contributed by atoms with van der Waals surface area (Å²) in [7, 11) is 1.81. The SMILES string of the molecule is CNC(c1ccc(F)c(Cl)c1)c1cc(C)cnc1N. The zero-order chi connectivity index (χ0) is 14.0. The van der Waals surface area contributed by atoms with Crippen LogP contribution < -0.4 is 11.1 Å². The van der Waals surface area contributed by atoms with E-state index in [0.29, 0.717) is 5.82 Å². The van der Waals surface area contributed by atoms with Gasteiger partial charge in [-0.2, -0.15) is 0 Å². The van der Waals surface area contributed by atoms with E-state index in [0.717, 1.165) is 16.7 Å². The molecule has 5 heteroatoms. The van der Waals surface area contributed by atoms with E-state index in [4.69, 9.17) is 17.3 Å². The van der Waals surface area contributed by atoms with Crippen LogP contribution in [0, 0.1) is 12.7 Å². The van der Waals surface area contributed by atoms with E-state index in [9.17, 15) is 4.39 Å². The van der Waals surface area contributed by atoms with E-state index in [1.54, 1.807) is 18.3 Å². The highest BCUT2D eigenvalue weighted by molar-refractivity contribution is 6.30. The van der Waals surface area contributed by atoms with E-state index in [2.05, 4.69) is 10.3 Å². The number of pyridine rings is 1. The summed E-state index contributed by atoms with van der Waals surface area (Å²) in [5.74, 6) is 0.0148. The summed E-state index contributed by atoms with van der Waals surface area (Å²) >= 11 is 5.82. The molecule has 2 rings (SSSR count). The molecular formula is C14H15ClFN3. The van der Waals surface area contributed by atoms with Crippen molar-refractivity contribution in [2.75, 3.05) is 12.8 Å². The Morgan fingerprint density at radius 3 is 2.74 bits per heavy atom. The third-order valence-electron chi connectivity index (χ3n) is 2.96. The maximum Gasteiger partial charge on any atom is 0.141 e. The third-order valence-corrected chi connectivity index (χ3v) is 3.25. The largest absolute Gasteiger partial charge is 0.383 e. The first-order valence-electron chi connectivity index (χ1n) is 5.87. The van der Waals surface area contributed by atoms with E-state index in [1.165, 1.54) is 6.07 Å². The van der Waals surface area contributed by atoms with Gasteiger partial charge in [-0.1, -0.05) is 17.7 Å². The molecule has 3 nitrogen and oxygen atoms in total. The number of halogens is 2. The van der Waals surface area contributed by atoms with E-state index >= 15 is 0 Å². The maximum absolute atomic E-state index is 13.2. The fourth-order valence-electron chi connectivity index (χ4n) is 2.03. The molecule has 0 spiro atoms. The lowest BCUT2D eigenvalue weighted by molar-refractivity contribution is 0.624. The lowest BCUT2D eigenvalue weighted by atomic mass is 9.98. The number of nitrogens with zero attached hydrogens (tertiary/aromatic N) is 1. The Morgan fingerprint density at radius 2 is 2.11 bits per heavy atom. The number of nitrogens with one attached hydrogen (secondary N) is 1. The van der Waals surface area contributed by atoms with Crippen molar-refractivity contribution in [3.8, 4) is 0 Å². The summed E-state index contributed by atoms with van der Waals surface area (Å²) < 4.78 is 13.2. The van der Waals surface area contributed by atoms with Crippen LogP contribution in [0.3, 0.4) is 0 Å². The quantitative estimate of drug-likeness (QED) is 0.908. The van der Waals surface area contributed by atoms with Crippen molar-refractivity contribution >= 4 is 17.4 Å². The molecule has 1 unspecified atom stereocenters. The monoisotopic (exact) mass is 279 g/mol. The number of hydrogen-bond donors (Lipinski definition) is 2. The van der Waals surface area contributed by atoms with Crippen molar-refractivity contribution < 1.29 is 4.39 Å². The van der Waals surface area contributed by atoms with Crippen LogP contribution in [0.15, 0.2) is 30.5 Å². The molecule has 19 heavy (non-hydrogen) atoms. The first-order valence-corrected chi connectivity index (χ1v) is 6.25. The molecule has 0 aliphatic rings. The molecule has 1 aromatic carbocycles. The highest BCUT2D eigenvalue weighted by atomic mass is 35.5. The average molecular weight is 280 g/mol. The van der Waals surface area contributed by atoms with Gasteiger partial charge in [-0.3, -0.25) is 0 Å². The molecule has 0 radical (unpaired) electrons. The van der Waals surface area contributed by atoms with Crippen LogP contribution in [0.2, 0.25) is 5.02 Å². The smallest absolute Gasteiger partial charge is 0.141 e. The van der Waals surface area contributed by atoms with Crippen LogP contribution >= 0.6 is 11.6 Å². The van der Waals surface area contributed by atoms with Gasteiger partial charge in [0.05, 0.1) is 11.1 Å². The molecule has 0 aliphatic heterocycles. The van der Waals surface area contributed by atoms with Crippen LogP contribution in [-0.2, 0) is 0 Å². The van der Waals surface area contributed by atoms with Gasteiger partial charge in [0.1, 0.15) is 11.6 Å². The molecule has 1 heterocycles. The number of benzene rings is 1. The van der Waals surface area contributed by atoms with E-state index in [1.807, 2.05) is 20.0 Å². The second kappa shape index (κ2) is 5.55. The second-order valence-corrected chi connectivity index (χ2v) is 4.79. The fourth-order valence-corrected chi connectivity index (χ4v) is 2.22. The van der Waals surface area contributed by atoms with Crippen LogP contribution in [0.1, 0.15) is 22.7 Å². The highest BCUT2D eigenvalue weighted by Gasteiger charge is 2.17. The van der Waals surface area contributed by atoms with Crippen molar-refractivity contribution in [1.29, 1.82) is 0 Å². The number of nitrogen functional groups attached to an aromatic ring is 1. The van der Waals surface area contributed by atoms with Crippen molar-refractivity contribution in [2.24, 2.45) is 0 Å². The second-order valence-electron chi connectivity index (χ2n) is 4.38. The maximum atomic E-state index is 13.2. The molecule has 0 saturated carbocycles. The number of anilines is 1. The number of aryl methyl sites for hydroxylation is 1. The van der Waals surface area contributed by atoms with E-state index < -0.39 is 5.82 Å². The lowest BCUT2D eigenvalue weighted by Gasteiger charge is -2.19. The highest BCUT2D eigenvalue weighted by Crippen LogP contribution is 2.28. The van der Waals surface area contributed by atoms with Gasteiger partial charge in [-0.15, -0.1) is 0 Å². The molecule has 0 bridgehead atoms. The van der Waals surface area contributed by atoms with Gasteiger partial charge in [-0.05, 0) is 43.3 Å².